The summed E-state index contributed by atoms with van der Waals surface area (Å²) in [5, 5.41) is 9.11. The van der Waals surface area contributed by atoms with Crippen LogP contribution in [0.4, 0.5) is 0 Å². The second-order valence-corrected chi connectivity index (χ2v) is 4.57. The lowest BCUT2D eigenvalue weighted by atomic mass is 10.2. The van der Waals surface area contributed by atoms with Crippen LogP contribution in [0.3, 0.4) is 0 Å². The molecule has 1 aromatic carbocycles. The van der Waals surface area contributed by atoms with Crippen molar-refractivity contribution in [2.45, 2.75) is 26.7 Å². The second kappa shape index (κ2) is 7.03. The Morgan fingerprint density at radius 1 is 1.41 bits per heavy atom. The number of halogens is 1. The van der Waals surface area contributed by atoms with Gasteiger partial charge in [0.1, 0.15) is 0 Å². The molecule has 17 heavy (non-hydrogen) atoms. The van der Waals surface area contributed by atoms with E-state index in [1.807, 2.05) is 19.9 Å². The van der Waals surface area contributed by atoms with Crippen molar-refractivity contribution in [2.24, 2.45) is 0 Å². The molecule has 0 radical (unpaired) electrons. The van der Waals surface area contributed by atoms with Gasteiger partial charge < -0.3 is 19.3 Å². The molecule has 1 rings (SSSR count). The number of methoxy groups -OCH3 is 1. The molecule has 0 bridgehead atoms. The molecule has 1 unspecified atom stereocenters. The van der Waals surface area contributed by atoms with E-state index in [-0.39, 0.29) is 12.9 Å². The number of benzene rings is 1. The number of hydrogen-bond donors (Lipinski definition) is 1. The summed E-state index contributed by atoms with van der Waals surface area (Å²) in [7, 11) is 1.57. The highest BCUT2D eigenvalue weighted by Crippen LogP contribution is 2.34. The summed E-state index contributed by atoms with van der Waals surface area (Å²) >= 11 is 2.15. The summed E-state index contributed by atoms with van der Waals surface area (Å²) in [4.78, 5) is 0. The van der Waals surface area contributed by atoms with Crippen LogP contribution in [0.2, 0.25) is 0 Å². The molecule has 1 N–H and O–H groups in total. The molecule has 0 aromatic heterocycles. The van der Waals surface area contributed by atoms with E-state index in [2.05, 4.69) is 22.6 Å². The van der Waals surface area contributed by atoms with Crippen molar-refractivity contribution in [1.29, 1.82) is 0 Å². The van der Waals surface area contributed by atoms with Crippen LogP contribution in [0.15, 0.2) is 12.1 Å². The molecule has 0 aliphatic carbocycles. The molecule has 0 aliphatic rings. The maximum Gasteiger partial charge on any atom is 0.197 e. The molecule has 96 valence electrons. The maximum absolute atomic E-state index is 9.11. The summed E-state index contributed by atoms with van der Waals surface area (Å²) in [5.74, 6) is 1.25. The molecular weight excluding hydrogens is 335 g/mol. The van der Waals surface area contributed by atoms with Crippen molar-refractivity contribution in [3.05, 3.63) is 21.3 Å². The van der Waals surface area contributed by atoms with Gasteiger partial charge in [-0.3, -0.25) is 0 Å². The monoisotopic (exact) mass is 352 g/mol. The first-order chi connectivity index (χ1) is 8.12. The Morgan fingerprint density at radius 2 is 2.12 bits per heavy atom. The minimum absolute atomic E-state index is 0.0202. The second-order valence-electron chi connectivity index (χ2n) is 3.41. The van der Waals surface area contributed by atoms with Gasteiger partial charge in [0.05, 0.1) is 17.3 Å². The van der Waals surface area contributed by atoms with Crippen molar-refractivity contribution < 1.29 is 19.3 Å². The molecule has 0 fully saturated rings. The largest absolute Gasteiger partial charge is 0.493 e. The Morgan fingerprint density at radius 3 is 2.65 bits per heavy atom. The van der Waals surface area contributed by atoms with E-state index in [9.17, 15) is 0 Å². The van der Waals surface area contributed by atoms with Crippen LogP contribution in [0.25, 0.3) is 0 Å². The lowest BCUT2D eigenvalue weighted by Gasteiger charge is -2.18. The van der Waals surface area contributed by atoms with E-state index in [1.54, 1.807) is 13.2 Å². The first-order valence-corrected chi connectivity index (χ1v) is 6.45. The number of rotatable bonds is 6. The van der Waals surface area contributed by atoms with Crippen molar-refractivity contribution in [1.82, 2.24) is 0 Å². The van der Waals surface area contributed by atoms with Gasteiger partial charge in [-0.05, 0) is 54.1 Å². The summed E-state index contributed by atoms with van der Waals surface area (Å²) in [6.45, 7) is 4.32. The summed E-state index contributed by atoms with van der Waals surface area (Å²) in [6, 6.07) is 3.62. The Kier molecular flexibility index (Phi) is 6.01. The van der Waals surface area contributed by atoms with Gasteiger partial charge in [-0.15, -0.1) is 0 Å². The maximum atomic E-state index is 9.11. The van der Waals surface area contributed by atoms with Crippen LogP contribution in [0.5, 0.6) is 11.5 Å². The molecule has 0 saturated carbocycles. The van der Waals surface area contributed by atoms with Crippen LogP contribution in [0, 0.1) is 3.57 Å². The minimum atomic E-state index is -0.331. The Labute approximate surface area is 115 Å². The lowest BCUT2D eigenvalue weighted by Crippen LogP contribution is -2.17. The zero-order valence-electron chi connectivity index (χ0n) is 10.2. The molecule has 5 heteroatoms. The average Bonchev–Trinajstić information content (AvgIpc) is 2.31. The quantitative estimate of drug-likeness (QED) is 0.632. The van der Waals surface area contributed by atoms with Gasteiger partial charge in [0, 0.05) is 6.61 Å². The highest BCUT2D eigenvalue weighted by molar-refractivity contribution is 14.1. The molecular formula is C12H17IO4. The third-order valence-electron chi connectivity index (χ3n) is 2.16. The van der Waals surface area contributed by atoms with Gasteiger partial charge in [-0.1, -0.05) is 0 Å². The van der Waals surface area contributed by atoms with Gasteiger partial charge in [0.2, 0.25) is 0 Å². The standard InChI is InChI=1S/C12H17IO4/c1-4-16-8(2)17-12-10(13)5-9(7-14)6-11(12)15-3/h5-6,8,14H,4,7H2,1-3H3. The van der Waals surface area contributed by atoms with E-state index in [4.69, 9.17) is 19.3 Å². The highest BCUT2D eigenvalue weighted by Gasteiger charge is 2.14. The fraction of sp³-hybridized carbons (Fsp3) is 0.500. The predicted molar refractivity (Wildman–Crippen MR) is 73.3 cm³/mol. The third-order valence-corrected chi connectivity index (χ3v) is 2.96. The van der Waals surface area contributed by atoms with Crippen molar-refractivity contribution in [3.8, 4) is 11.5 Å². The lowest BCUT2D eigenvalue weighted by molar-refractivity contribution is -0.0628. The van der Waals surface area contributed by atoms with Crippen LogP contribution in [-0.4, -0.2) is 25.1 Å². The zero-order valence-corrected chi connectivity index (χ0v) is 12.4. The van der Waals surface area contributed by atoms with Crippen LogP contribution in [0.1, 0.15) is 19.4 Å². The predicted octanol–water partition coefficient (Wildman–Crippen LogP) is 2.55. The van der Waals surface area contributed by atoms with E-state index in [1.165, 1.54) is 0 Å². The highest BCUT2D eigenvalue weighted by atomic mass is 127. The first kappa shape index (κ1) is 14.5. The topological polar surface area (TPSA) is 47.9 Å². The minimum Gasteiger partial charge on any atom is -0.493 e. The summed E-state index contributed by atoms with van der Waals surface area (Å²) < 4.78 is 17.1. The number of aliphatic hydroxyl groups excluding tert-OH is 1. The normalized spacial score (nSPS) is 12.3. The van der Waals surface area contributed by atoms with Gasteiger partial charge in [0.25, 0.3) is 0 Å². The Balaban J connectivity index is 2.97. The molecule has 0 saturated heterocycles. The van der Waals surface area contributed by atoms with E-state index >= 15 is 0 Å². The van der Waals surface area contributed by atoms with Crippen molar-refractivity contribution in [3.63, 3.8) is 0 Å². The SMILES string of the molecule is CCOC(C)Oc1c(I)cc(CO)cc1OC. The van der Waals surface area contributed by atoms with Gasteiger partial charge in [-0.2, -0.15) is 0 Å². The molecule has 1 atom stereocenters. The molecule has 0 aliphatic heterocycles. The zero-order chi connectivity index (χ0) is 12.8. The van der Waals surface area contributed by atoms with E-state index in [0.29, 0.717) is 18.1 Å². The summed E-state index contributed by atoms with van der Waals surface area (Å²) in [5.41, 5.74) is 0.794. The summed E-state index contributed by atoms with van der Waals surface area (Å²) in [6.07, 6.45) is -0.331. The number of ether oxygens (including phenoxy) is 3. The van der Waals surface area contributed by atoms with Crippen molar-refractivity contribution in [2.75, 3.05) is 13.7 Å². The molecule has 0 spiro atoms. The first-order valence-electron chi connectivity index (χ1n) is 5.37. The molecule has 4 nitrogen and oxygen atoms in total. The fourth-order valence-corrected chi connectivity index (χ4v) is 2.21. The van der Waals surface area contributed by atoms with Crippen LogP contribution >= 0.6 is 22.6 Å². The van der Waals surface area contributed by atoms with Gasteiger partial charge in [0.15, 0.2) is 17.8 Å². The number of hydrogen-bond acceptors (Lipinski definition) is 4. The Hall–Kier alpha value is -0.530. The van der Waals surface area contributed by atoms with E-state index < -0.39 is 0 Å². The van der Waals surface area contributed by atoms with Gasteiger partial charge >= 0.3 is 0 Å². The fourth-order valence-electron chi connectivity index (χ4n) is 1.41. The molecule has 1 aromatic rings. The van der Waals surface area contributed by atoms with Crippen LogP contribution < -0.4 is 9.47 Å². The van der Waals surface area contributed by atoms with E-state index in [0.717, 1.165) is 9.13 Å². The Bertz CT molecular complexity index is 368. The van der Waals surface area contributed by atoms with Crippen LogP contribution in [-0.2, 0) is 11.3 Å². The number of aliphatic hydroxyl groups is 1. The third kappa shape index (κ3) is 4.01. The van der Waals surface area contributed by atoms with Crippen molar-refractivity contribution >= 4 is 22.6 Å². The molecule has 0 amide bonds. The average molecular weight is 352 g/mol. The smallest absolute Gasteiger partial charge is 0.197 e. The molecule has 0 heterocycles. The van der Waals surface area contributed by atoms with Gasteiger partial charge in [-0.25, -0.2) is 0 Å².